The first-order valence-electron chi connectivity index (χ1n) is 9.28. The van der Waals surface area contributed by atoms with Crippen LogP contribution in [0.3, 0.4) is 0 Å². The van der Waals surface area contributed by atoms with Crippen molar-refractivity contribution in [3.8, 4) is 17.3 Å². The van der Waals surface area contributed by atoms with Crippen LogP contribution in [-0.2, 0) is 0 Å². The molecule has 1 aliphatic heterocycles. The fraction of sp³-hybridized carbons (Fsp3) is 0.300. The molecule has 0 spiro atoms. The number of fused-ring (bicyclic) bond motifs is 8. The summed E-state index contributed by atoms with van der Waals surface area (Å²) in [6.45, 7) is 0.596. The van der Waals surface area contributed by atoms with E-state index in [0.29, 0.717) is 41.4 Å². The minimum Gasteiger partial charge on any atom is -0.492 e. The molecule has 5 rings (SSSR count). The summed E-state index contributed by atoms with van der Waals surface area (Å²) in [5.41, 5.74) is 1.23. The van der Waals surface area contributed by atoms with E-state index >= 15 is 0 Å². The van der Waals surface area contributed by atoms with Gasteiger partial charge in [-0.25, -0.2) is 4.98 Å². The Morgan fingerprint density at radius 1 is 1.21 bits per heavy atom. The third kappa shape index (κ3) is 3.25. The number of carbonyl (C=O) groups excluding carboxylic acids is 1. The van der Waals surface area contributed by atoms with Crippen molar-refractivity contribution in [3.63, 3.8) is 0 Å². The molecule has 1 N–H and O–H groups in total. The van der Waals surface area contributed by atoms with Crippen LogP contribution in [0.5, 0.6) is 5.75 Å². The van der Waals surface area contributed by atoms with Crippen LogP contribution in [0, 0.1) is 9.49 Å². The average molecular weight is 487 g/mol. The maximum atomic E-state index is 12.9. The Bertz CT molecular complexity index is 1050. The monoisotopic (exact) mass is 487 g/mol. The highest BCUT2D eigenvalue weighted by Crippen LogP contribution is 2.37. The molecular weight excluding hydrogens is 469 g/mol. The second-order valence-electron chi connectivity index (χ2n) is 7.21. The Kier molecular flexibility index (Phi) is 4.50. The van der Waals surface area contributed by atoms with E-state index in [1.54, 1.807) is 12.4 Å². The third-order valence-electron chi connectivity index (χ3n) is 5.36. The number of nitrogens with one attached hydrogen (secondary N) is 1. The largest absolute Gasteiger partial charge is 0.492 e. The smallest absolute Gasteiger partial charge is 0.260 e. The van der Waals surface area contributed by atoms with E-state index in [1.165, 1.54) is 0 Å². The van der Waals surface area contributed by atoms with Gasteiger partial charge < -0.3 is 14.6 Å². The van der Waals surface area contributed by atoms with E-state index < -0.39 is 0 Å². The lowest BCUT2D eigenvalue weighted by Crippen LogP contribution is -2.17. The number of benzene rings is 1. The molecule has 1 aliphatic carbocycles. The van der Waals surface area contributed by atoms with Crippen LogP contribution < -0.4 is 10.1 Å². The van der Waals surface area contributed by atoms with E-state index in [0.717, 1.165) is 28.7 Å². The molecule has 3 aromatic rings. The number of halogens is 1. The molecule has 1 fully saturated rings. The van der Waals surface area contributed by atoms with Gasteiger partial charge >= 0.3 is 0 Å². The van der Waals surface area contributed by atoms with Gasteiger partial charge in [0, 0.05) is 9.61 Å². The highest BCUT2D eigenvalue weighted by molar-refractivity contribution is 14.1. The van der Waals surface area contributed by atoms with Gasteiger partial charge in [-0.15, -0.1) is 10.2 Å². The summed E-state index contributed by atoms with van der Waals surface area (Å²) < 4.78 is 9.17. The quantitative estimate of drug-likeness (QED) is 0.486. The van der Waals surface area contributed by atoms with Crippen LogP contribution in [0.4, 0.5) is 5.82 Å². The maximum Gasteiger partial charge on any atom is 0.260 e. The zero-order valence-electron chi connectivity index (χ0n) is 15.0. The molecule has 7 nitrogen and oxygen atoms in total. The number of pyridine rings is 1. The van der Waals surface area contributed by atoms with E-state index in [2.05, 4.69) is 47.7 Å². The van der Waals surface area contributed by atoms with E-state index in [-0.39, 0.29) is 5.91 Å². The summed E-state index contributed by atoms with van der Waals surface area (Å²) in [6, 6.07) is 11.5. The van der Waals surface area contributed by atoms with Crippen molar-refractivity contribution in [2.75, 3.05) is 11.9 Å². The Hall–Kier alpha value is -2.49. The lowest BCUT2D eigenvalue weighted by Gasteiger charge is -2.18. The number of amides is 1. The first-order valence-corrected chi connectivity index (χ1v) is 10.4. The number of rotatable bonds is 0. The summed E-state index contributed by atoms with van der Waals surface area (Å²) >= 11 is 2.20. The molecule has 1 aromatic carbocycles. The van der Waals surface area contributed by atoms with Crippen molar-refractivity contribution in [1.82, 2.24) is 19.7 Å². The molecule has 0 saturated heterocycles. The van der Waals surface area contributed by atoms with Gasteiger partial charge in [0.1, 0.15) is 23.6 Å². The van der Waals surface area contributed by atoms with Crippen molar-refractivity contribution < 1.29 is 9.53 Å². The van der Waals surface area contributed by atoms with Gasteiger partial charge in [-0.3, -0.25) is 4.79 Å². The number of ether oxygens (including phenoxy) is 1. The average Bonchev–Trinajstić information content (AvgIpc) is 3.36. The molecular formula is C20H18IN5O2. The van der Waals surface area contributed by atoms with E-state index in [1.807, 2.05) is 30.3 Å². The molecule has 0 radical (unpaired) electrons. The Morgan fingerprint density at radius 3 is 3.07 bits per heavy atom. The molecule has 142 valence electrons. The predicted molar refractivity (Wildman–Crippen MR) is 112 cm³/mol. The molecule has 3 heterocycles. The summed E-state index contributed by atoms with van der Waals surface area (Å²) in [5, 5.41) is 11.3. The molecule has 8 heteroatoms. The van der Waals surface area contributed by atoms with Crippen molar-refractivity contribution in [1.29, 1.82) is 0 Å². The topological polar surface area (TPSA) is 81.9 Å². The minimum atomic E-state index is -0.235. The summed E-state index contributed by atoms with van der Waals surface area (Å²) in [4.78, 5) is 17.5. The second-order valence-corrected chi connectivity index (χ2v) is 8.45. The first kappa shape index (κ1) is 17.6. The van der Waals surface area contributed by atoms with Gasteiger partial charge in [0.05, 0.1) is 12.2 Å². The minimum absolute atomic E-state index is 0.235. The van der Waals surface area contributed by atoms with E-state index in [4.69, 9.17) is 4.74 Å². The van der Waals surface area contributed by atoms with E-state index in [9.17, 15) is 4.79 Å². The first-order chi connectivity index (χ1) is 13.7. The highest BCUT2D eigenvalue weighted by atomic mass is 127. The maximum absolute atomic E-state index is 12.9. The third-order valence-corrected chi connectivity index (χ3v) is 6.03. The standard InChI is InChI=1S/C20H18IN5O2/c21-13-5-7-17-15(9-13)20(27)24-18-3-1-2-16(23-18)19-25-22-11-26(19)14-6-4-12(8-14)10-28-17/h1-3,5,7,9,11-12,14H,4,6,8,10H2,(H,23,24,27)/t12?,14-/m0/s1. The normalized spacial score (nSPS) is 21.1. The number of nitrogens with zero attached hydrogens (tertiary/aromatic N) is 4. The summed E-state index contributed by atoms with van der Waals surface area (Å²) in [6.07, 6.45) is 4.90. The van der Waals surface area contributed by atoms with Crippen molar-refractivity contribution >= 4 is 34.3 Å². The van der Waals surface area contributed by atoms with Crippen molar-refractivity contribution in [2.45, 2.75) is 25.3 Å². The highest BCUT2D eigenvalue weighted by Gasteiger charge is 2.29. The molecule has 1 unspecified atom stereocenters. The van der Waals surface area contributed by atoms with Gasteiger partial charge in [-0.2, -0.15) is 0 Å². The molecule has 2 atom stereocenters. The number of hydrogen-bond donors (Lipinski definition) is 1. The van der Waals surface area contributed by atoms with Crippen LogP contribution in [0.25, 0.3) is 11.5 Å². The molecule has 4 bridgehead atoms. The number of anilines is 1. The van der Waals surface area contributed by atoms with Gasteiger partial charge in [0.15, 0.2) is 5.82 Å². The predicted octanol–water partition coefficient (Wildman–Crippen LogP) is 3.93. The SMILES string of the molecule is O=C1Nc2cccc(n2)-c2nncn2[C@H]2CCC(COc3ccc(I)cc31)C2. The zero-order chi connectivity index (χ0) is 19.1. The summed E-state index contributed by atoms with van der Waals surface area (Å²) in [7, 11) is 0. The molecule has 28 heavy (non-hydrogen) atoms. The molecule has 2 aromatic heterocycles. The summed E-state index contributed by atoms with van der Waals surface area (Å²) in [5.74, 6) is 2.01. The molecule has 1 saturated carbocycles. The fourth-order valence-electron chi connectivity index (χ4n) is 3.97. The van der Waals surface area contributed by atoms with Crippen LogP contribution in [0.15, 0.2) is 42.7 Å². The Morgan fingerprint density at radius 2 is 2.14 bits per heavy atom. The van der Waals surface area contributed by atoms with Crippen LogP contribution in [0.2, 0.25) is 0 Å². The molecule has 1 amide bonds. The Balaban J connectivity index is 1.60. The van der Waals surface area contributed by atoms with Gasteiger partial charge in [-0.05, 0) is 78.1 Å². The molecule has 2 aliphatic rings. The van der Waals surface area contributed by atoms with Crippen LogP contribution in [-0.4, -0.2) is 32.3 Å². The fourth-order valence-corrected chi connectivity index (χ4v) is 4.46. The number of carbonyl (C=O) groups is 1. The zero-order valence-corrected chi connectivity index (χ0v) is 17.2. The van der Waals surface area contributed by atoms with Crippen LogP contribution in [0.1, 0.15) is 35.7 Å². The Labute approximate surface area is 175 Å². The lowest BCUT2D eigenvalue weighted by molar-refractivity contribution is 0.102. The van der Waals surface area contributed by atoms with Crippen molar-refractivity contribution in [3.05, 3.63) is 51.9 Å². The second kappa shape index (κ2) is 7.16. The number of aromatic nitrogens is 4. The van der Waals surface area contributed by atoms with Crippen molar-refractivity contribution in [2.24, 2.45) is 5.92 Å². The lowest BCUT2D eigenvalue weighted by atomic mass is 10.1. The van der Waals surface area contributed by atoms with Crippen LogP contribution >= 0.6 is 22.6 Å². The number of hydrogen-bond acceptors (Lipinski definition) is 5. The van der Waals surface area contributed by atoms with Gasteiger partial charge in [0.2, 0.25) is 0 Å². The van der Waals surface area contributed by atoms with Gasteiger partial charge in [0.25, 0.3) is 5.91 Å². The van der Waals surface area contributed by atoms with Gasteiger partial charge in [-0.1, -0.05) is 6.07 Å².